The molecule has 7 heteroatoms. The lowest BCUT2D eigenvalue weighted by atomic mass is 9.99. The van der Waals surface area contributed by atoms with Crippen LogP contribution >= 0.6 is 11.6 Å². The minimum Gasteiger partial charge on any atom is -0.494 e. The van der Waals surface area contributed by atoms with Crippen molar-refractivity contribution < 1.29 is 27.4 Å². The SMILES string of the molecule is CCOc1ccc([C@H](COCc2cccc(Oc3ccc(Cl)cc3)c2)C(F)(F)F)cc1. The topological polar surface area (TPSA) is 27.7 Å². The van der Waals surface area contributed by atoms with E-state index < -0.39 is 18.7 Å². The van der Waals surface area contributed by atoms with Crippen LogP contribution < -0.4 is 9.47 Å². The molecule has 0 spiro atoms. The number of ether oxygens (including phenoxy) is 3. The van der Waals surface area contributed by atoms with Gasteiger partial charge in [0.05, 0.1) is 19.8 Å². The van der Waals surface area contributed by atoms with E-state index in [0.717, 1.165) is 0 Å². The Labute approximate surface area is 184 Å². The standard InChI is InChI=1S/C24H22ClF3O3/c1-2-30-20-10-6-18(7-11-20)23(24(26,27)28)16-29-15-17-4-3-5-22(14-17)31-21-12-8-19(25)9-13-21/h3-14,23H,2,15-16H2,1H3/t23-/m0/s1. The van der Waals surface area contributed by atoms with Gasteiger partial charge in [0.2, 0.25) is 0 Å². The van der Waals surface area contributed by atoms with E-state index in [1.54, 1.807) is 48.5 Å². The maximum absolute atomic E-state index is 13.6. The molecule has 0 fully saturated rings. The number of benzene rings is 3. The molecule has 3 nitrogen and oxygen atoms in total. The molecule has 31 heavy (non-hydrogen) atoms. The maximum atomic E-state index is 13.6. The van der Waals surface area contributed by atoms with Gasteiger partial charge in [-0.25, -0.2) is 0 Å². The molecule has 1 atom stereocenters. The molecule has 0 unspecified atom stereocenters. The van der Waals surface area contributed by atoms with Crippen LogP contribution in [0.2, 0.25) is 5.02 Å². The van der Waals surface area contributed by atoms with E-state index in [1.807, 2.05) is 6.92 Å². The molecular weight excluding hydrogens is 429 g/mol. The van der Waals surface area contributed by atoms with E-state index in [4.69, 9.17) is 25.8 Å². The van der Waals surface area contributed by atoms with E-state index in [1.165, 1.54) is 24.3 Å². The Balaban J connectivity index is 1.62. The van der Waals surface area contributed by atoms with E-state index in [2.05, 4.69) is 0 Å². The van der Waals surface area contributed by atoms with Crippen molar-refractivity contribution in [3.8, 4) is 17.2 Å². The summed E-state index contributed by atoms with van der Waals surface area (Å²) in [4.78, 5) is 0. The van der Waals surface area contributed by atoms with Crippen molar-refractivity contribution in [3.05, 3.63) is 88.9 Å². The molecule has 0 heterocycles. The average molecular weight is 451 g/mol. The van der Waals surface area contributed by atoms with Gasteiger partial charge < -0.3 is 14.2 Å². The molecule has 0 aliphatic carbocycles. The van der Waals surface area contributed by atoms with Crippen molar-refractivity contribution in [2.75, 3.05) is 13.2 Å². The van der Waals surface area contributed by atoms with Gasteiger partial charge in [-0.15, -0.1) is 0 Å². The third-order valence-corrected chi connectivity index (χ3v) is 4.74. The second kappa shape index (κ2) is 10.6. The minimum atomic E-state index is -4.42. The fourth-order valence-electron chi connectivity index (χ4n) is 2.97. The normalized spacial score (nSPS) is 12.4. The van der Waals surface area contributed by atoms with Gasteiger partial charge in [-0.05, 0) is 66.6 Å². The van der Waals surface area contributed by atoms with E-state index in [0.29, 0.717) is 34.4 Å². The van der Waals surface area contributed by atoms with Crippen LogP contribution in [-0.2, 0) is 11.3 Å². The van der Waals surface area contributed by atoms with Gasteiger partial charge in [-0.1, -0.05) is 35.9 Å². The summed E-state index contributed by atoms with van der Waals surface area (Å²) in [5.74, 6) is -0.0281. The number of hydrogen-bond donors (Lipinski definition) is 0. The van der Waals surface area contributed by atoms with Crippen LogP contribution in [0.15, 0.2) is 72.8 Å². The molecule has 0 saturated carbocycles. The summed E-state index contributed by atoms with van der Waals surface area (Å²) >= 11 is 5.86. The number of alkyl halides is 3. The molecule has 0 aliphatic rings. The molecule has 0 amide bonds. The fraction of sp³-hybridized carbons (Fsp3) is 0.250. The smallest absolute Gasteiger partial charge is 0.397 e. The zero-order chi connectivity index (χ0) is 22.3. The lowest BCUT2D eigenvalue weighted by molar-refractivity contribution is -0.163. The third kappa shape index (κ3) is 6.91. The molecule has 0 aliphatic heterocycles. The van der Waals surface area contributed by atoms with Crippen molar-refractivity contribution in [2.24, 2.45) is 0 Å². The highest BCUT2D eigenvalue weighted by Crippen LogP contribution is 2.36. The predicted molar refractivity (Wildman–Crippen MR) is 114 cm³/mol. The van der Waals surface area contributed by atoms with Gasteiger partial charge in [0, 0.05) is 5.02 Å². The van der Waals surface area contributed by atoms with Crippen LogP contribution in [0, 0.1) is 0 Å². The number of rotatable bonds is 9. The Hall–Kier alpha value is -2.70. The lowest BCUT2D eigenvalue weighted by Gasteiger charge is -2.21. The summed E-state index contributed by atoms with van der Waals surface area (Å²) in [7, 11) is 0. The Morgan fingerprint density at radius 2 is 1.55 bits per heavy atom. The van der Waals surface area contributed by atoms with Crippen LogP contribution in [0.5, 0.6) is 17.2 Å². The first-order chi connectivity index (χ1) is 14.8. The third-order valence-electron chi connectivity index (χ3n) is 4.49. The van der Waals surface area contributed by atoms with E-state index in [9.17, 15) is 13.2 Å². The van der Waals surface area contributed by atoms with Crippen molar-refractivity contribution in [1.29, 1.82) is 0 Å². The largest absolute Gasteiger partial charge is 0.494 e. The number of hydrogen-bond acceptors (Lipinski definition) is 3. The molecule has 0 aromatic heterocycles. The Bertz CT molecular complexity index is 957. The van der Waals surface area contributed by atoms with Crippen LogP contribution in [0.4, 0.5) is 13.2 Å². The van der Waals surface area contributed by atoms with Crippen molar-refractivity contribution in [2.45, 2.75) is 25.6 Å². The molecule has 3 rings (SSSR count). The van der Waals surface area contributed by atoms with E-state index >= 15 is 0 Å². The molecule has 3 aromatic carbocycles. The maximum Gasteiger partial charge on any atom is 0.397 e. The molecule has 0 N–H and O–H groups in total. The molecule has 0 bridgehead atoms. The van der Waals surface area contributed by atoms with Crippen LogP contribution in [0.25, 0.3) is 0 Å². The zero-order valence-corrected chi connectivity index (χ0v) is 17.6. The summed E-state index contributed by atoms with van der Waals surface area (Å²) in [6.45, 7) is 1.81. The van der Waals surface area contributed by atoms with Gasteiger partial charge in [0.15, 0.2) is 0 Å². The zero-order valence-electron chi connectivity index (χ0n) is 16.9. The summed E-state index contributed by atoms with van der Waals surface area (Å²) in [6, 6.07) is 19.8. The molecule has 3 aromatic rings. The summed E-state index contributed by atoms with van der Waals surface area (Å²) in [5.41, 5.74) is 0.842. The minimum absolute atomic E-state index is 0.0292. The first-order valence-electron chi connectivity index (χ1n) is 9.74. The number of halogens is 4. The summed E-state index contributed by atoms with van der Waals surface area (Å²) in [5, 5.41) is 0.598. The fourth-order valence-corrected chi connectivity index (χ4v) is 3.10. The van der Waals surface area contributed by atoms with Crippen LogP contribution in [0.1, 0.15) is 24.0 Å². The molecule has 164 valence electrons. The van der Waals surface area contributed by atoms with Gasteiger partial charge in [0.25, 0.3) is 0 Å². The predicted octanol–water partition coefficient (Wildman–Crippen LogP) is 7.39. The molecule has 0 radical (unpaired) electrons. The van der Waals surface area contributed by atoms with Gasteiger partial charge >= 0.3 is 6.18 Å². The summed E-state index contributed by atoms with van der Waals surface area (Å²) < 4.78 is 57.2. The first kappa shape index (κ1) is 23.0. The van der Waals surface area contributed by atoms with Crippen molar-refractivity contribution in [3.63, 3.8) is 0 Å². The van der Waals surface area contributed by atoms with E-state index in [-0.39, 0.29) is 12.2 Å². The highest BCUT2D eigenvalue weighted by atomic mass is 35.5. The Morgan fingerprint density at radius 3 is 2.19 bits per heavy atom. The van der Waals surface area contributed by atoms with Crippen molar-refractivity contribution in [1.82, 2.24) is 0 Å². The van der Waals surface area contributed by atoms with Crippen LogP contribution in [0.3, 0.4) is 0 Å². The lowest BCUT2D eigenvalue weighted by Crippen LogP contribution is -2.25. The monoisotopic (exact) mass is 450 g/mol. The van der Waals surface area contributed by atoms with Gasteiger partial charge in [-0.2, -0.15) is 13.2 Å². The quantitative estimate of drug-likeness (QED) is 0.340. The second-order valence-corrected chi connectivity index (χ2v) is 7.25. The van der Waals surface area contributed by atoms with Gasteiger partial charge in [-0.3, -0.25) is 0 Å². The average Bonchev–Trinajstić information content (AvgIpc) is 2.73. The highest BCUT2D eigenvalue weighted by molar-refractivity contribution is 6.30. The Kier molecular flexibility index (Phi) is 7.82. The van der Waals surface area contributed by atoms with Crippen molar-refractivity contribution >= 4 is 11.6 Å². The van der Waals surface area contributed by atoms with Gasteiger partial charge in [0.1, 0.15) is 23.2 Å². The highest BCUT2D eigenvalue weighted by Gasteiger charge is 2.40. The van der Waals surface area contributed by atoms with Crippen LogP contribution in [-0.4, -0.2) is 19.4 Å². The summed E-state index contributed by atoms with van der Waals surface area (Å²) in [6.07, 6.45) is -4.42. The first-order valence-corrected chi connectivity index (χ1v) is 10.1. The molecular formula is C24H22ClF3O3. The molecule has 0 saturated heterocycles. The Morgan fingerprint density at radius 1 is 0.871 bits per heavy atom. The second-order valence-electron chi connectivity index (χ2n) is 6.81.